The number of amides is 1. The fraction of sp³-hybridized carbons (Fsp3) is 0.700. The normalized spacial score (nSPS) is 24.7. The van der Waals surface area contributed by atoms with Gasteiger partial charge in [-0.3, -0.25) is 4.79 Å². The third kappa shape index (κ3) is 2.97. The molecule has 1 saturated heterocycles. The van der Waals surface area contributed by atoms with E-state index in [0.29, 0.717) is 6.42 Å². The lowest BCUT2D eigenvalue weighted by Gasteiger charge is -2.27. The molecule has 5 nitrogen and oxygen atoms in total. The van der Waals surface area contributed by atoms with E-state index in [9.17, 15) is 13.2 Å². The summed E-state index contributed by atoms with van der Waals surface area (Å²) in [6.45, 7) is 1.68. The summed E-state index contributed by atoms with van der Waals surface area (Å²) in [5.74, 6) is 2.18. The van der Waals surface area contributed by atoms with Gasteiger partial charge in [0.05, 0.1) is 24.1 Å². The Bertz CT molecular complexity index is 408. The number of sulfone groups is 1. The summed E-state index contributed by atoms with van der Waals surface area (Å²) in [4.78, 5) is 13.1. The monoisotopic (exact) mass is 244 g/mol. The number of nitrogens with zero attached hydrogens (tertiary/aromatic N) is 1. The third-order valence-electron chi connectivity index (χ3n) is 2.58. The average Bonchev–Trinajstić information content (AvgIpc) is 2.54. The Morgan fingerprint density at radius 1 is 1.69 bits per heavy atom. The zero-order chi connectivity index (χ0) is 12.3. The smallest absolute Gasteiger partial charge is 0.240 e. The lowest BCUT2D eigenvalue weighted by Crippen LogP contribution is -2.48. The van der Waals surface area contributed by atoms with Crippen molar-refractivity contribution in [1.29, 1.82) is 0 Å². The maximum Gasteiger partial charge on any atom is 0.240 e. The molecule has 1 unspecified atom stereocenters. The number of hydrogen-bond acceptors (Lipinski definition) is 4. The summed E-state index contributed by atoms with van der Waals surface area (Å²) >= 11 is 0. The molecule has 0 saturated carbocycles. The van der Waals surface area contributed by atoms with Gasteiger partial charge in [-0.15, -0.1) is 6.42 Å². The molecule has 1 aliphatic heterocycles. The van der Waals surface area contributed by atoms with Gasteiger partial charge in [-0.2, -0.15) is 0 Å². The molecule has 1 fully saturated rings. The van der Waals surface area contributed by atoms with E-state index in [4.69, 9.17) is 12.2 Å². The SMILES string of the molecule is C#CCN(C(=O)[C@H](C)N)C1CCS(=O)(=O)C1. The Labute approximate surface area is 95.9 Å². The molecule has 0 aromatic heterocycles. The van der Waals surface area contributed by atoms with E-state index in [2.05, 4.69) is 5.92 Å². The van der Waals surface area contributed by atoms with Gasteiger partial charge >= 0.3 is 0 Å². The van der Waals surface area contributed by atoms with Gasteiger partial charge in [0.25, 0.3) is 0 Å². The highest BCUT2D eigenvalue weighted by molar-refractivity contribution is 7.91. The van der Waals surface area contributed by atoms with Crippen LogP contribution in [-0.4, -0.2) is 49.4 Å². The lowest BCUT2D eigenvalue weighted by atomic mass is 10.2. The first-order chi connectivity index (χ1) is 7.37. The van der Waals surface area contributed by atoms with Crippen LogP contribution in [0.5, 0.6) is 0 Å². The van der Waals surface area contributed by atoms with Crippen LogP contribution in [0.2, 0.25) is 0 Å². The Balaban J connectivity index is 2.80. The molecule has 1 heterocycles. The van der Waals surface area contributed by atoms with E-state index in [-0.39, 0.29) is 30.0 Å². The number of hydrogen-bond donors (Lipinski definition) is 1. The first-order valence-corrected chi connectivity index (χ1v) is 6.89. The Morgan fingerprint density at radius 2 is 2.31 bits per heavy atom. The molecule has 2 atom stereocenters. The van der Waals surface area contributed by atoms with Crippen molar-refractivity contribution in [2.24, 2.45) is 5.73 Å². The van der Waals surface area contributed by atoms with Crippen LogP contribution in [0, 0.1) is 12.3 Å². The molecule has 0 aromatic carbocycles. The van der Waals surface area contributed by atoms with E-state index >= 15 is 0 Å². The van der Waals surface area contributed by atoms with E-state index in [1.54, 1.807) is 6.92 Å². The van der Waals surface area contributed by atoms with Crippen LogP contribution in [0.4, 0.5) is 0 Å². The van der Waals surface area contributed by atoms with Gasteiger partial charge in [-0.1, -0.05) is 5.92 Å². The second kappa shape index (κ2) is 4.85. The summed E-state index contributed by atoms with van der Waals surface area (Å²) in [5.41, 5.74) is 5.49. The highest BCUT2D eigenvalue weighted by Gasteiger charge is 2.34. The molecule has 0 aromatic rings. The van der Waals surface area contributed by atoms with Crippen molar-refractivity contribution in [3.05, 3.63) is 0 Å². The maximum atomic E-state index is 11.7. The van der Waals surface area contributed by atoms with Gasteiger partial charge in [0.2, 0.25) is 5.91 Å². The molecular formula is C10H16N2O3S. The second-order valence-electron chi connectivity index (χ2n) is 4.02. The highest BCUT2D eigenvalue weighted by atomic mass is 32.2. The number of carbonyl (C=O) groups is 1. The molecule has 1 amide bonds. The first kappa shape index (κ1) is 13.0. The van der Waals surface area contributed by atoms with Crippen LogP contribution in [0.1, 0.15) is 13.3 Å². The minimum atomic E-state index is -3.02. The molecule has 1 rings (SSSR count). The van der Waals surface area contributed by atoms with Gasteiger partial charge in [-0.25, -0.2) is 8.42 Å². The lowest BCUT2D eigenvalue weighted by molar-refractivity contribution is -0.133. The summed E-state index contributed by atoms with van der Waals surface area (Å²) in [5, 5.41) is 0. The minimum Gasteiger partial charge on any atom is -0.326 e. The van der Waals surface area contributed by atoms with Gasteiger partial charge in [0.15, 0.2) is 9.84 Å². The Kier molecular flexibility index (Phi) is 3.94. The molecule has 0 bridgehead atoms. The topological polar surface area (TPSA) is 80.5 Å². The summed E-state index contributed by atoms with van der Waals surface area (Å²) in [6.07, 6.45) is 5.62. The average molecular weight is 244 g/mol. The molecule has 2 N–H and O–H groups in total. The minimum absolute atomic E-state index is 0.00681. The van der Waals surface area contributed by atoms with Crippen molar-refractivity contribution in [2.45, 2.75) is 25.4 Å². The standard InChI is InChI=1S/C10H16N2O3S/c1-3-5-12(10(13)8(2)11)9-4-6-16(14,15)7-9/h1,8-9H,4-7,11H2,2H3/t8-,9?/m0/s1. The van der Waals surface area contributed by atoms with Gasteiger partial charge in [0.1, 0.15) is 0 Å². The van der Waals surface area contributed by atoms with Crippen molar-refractivity contribution >= 4 is 15.7 Å². The van der Waals surface area contributed by atoms with E-state index in [0.717, 1.165) is 0 Å². The van der Waals surface area contributed by atoms with Gasteiger partial charge in [0, 0.05) is 6.04 Å². The van der Waals surface area contributed by atoms with Crippen LogP contribution >= 0.6 is 0 Å². The Morgan fingerprint density at radius 3 is 2.69 bits per heavy atom. The molecule has 1 aliphatic rings. The molecule has 90 valence electrons. The van der Waals surface area contributed by atoms with Crippen LogP contribution in [0.15, 0.2) is 0 Å². The zero-order valence-corrected chi connectivity index (χ0v) is 10.0. The predicted octanol–water partition coefficient (Wildman–Crippen LogP) is -1.02. The molecule has 0 aliphatic carbocycles. The fourth-order valence-corrected chi connectivity index (χ4v) is 3.50. The van der Waals surface area contributed by atoms with Crippen LogP contribution in [0.25, 0.3) is 0 Å². The van der Waals surface area contributed by atoms with Crippen molar-refractivity contribution in [2.75, 3.05) is 18.1 Å². The van der Waals surface area contributed by atoms with E-state index in [1.807, 2.05) is 0 Å². The van der Waals surface area contributed by atoms with E-state index < -0.39 is 15.9 Å². The fourth-order valence-electron chi connectivity index (χ4n) is 1.77. The molecule has 16 heavy (non-hydrogen) atoms. The molecule has 6 heteroatoms. The van der Waals surface area contributed by atoms with Crippen molar-refractivity contribution < 1.29 is 13.2 Å². The number of rotatable bonds is 3. The van der Waals surface area contributed by atoms with Crippen molar-refractivity contribution in [3.8, 4) is 12.3 Å². The van der Waals surface area contributed by atoms with Crippen molar-refractivity contribution in [1.82, 2.24) is 4.90 Å². The number of carbonyl (C=O) groups excluding carboxylic acids is 1. The zero-order valence-electron chi connectivity index (χ0n) is 9.22. The highest BCUT2D eigenvalue weighted by Crippen LogP contribution is 2.18. The van der Waals surface area contributed by atoms with Crippen LogP contribution in [0.3, 0.4) is 0 Å². The second-order valence-corrected chi connectivity index (χ2v) is 6.24. The summed E-state index contributed by atoms with van der Waals surface area (Å²) in [7, 11) is -3.02. The number of nitrogens with two attached hydrogens (primary N) is 1. The molecule has 0 spiro atoms. The summed E-state index contributed by atoms with van der Waals surface area (Å²) in [6, 6.07) is -0.976. The third-order valence-corrected chi connectivity index (χ3v) is 4.33. The van der Waals surface area contributed by atoms with Crippen LogP contribution < -0.4 is 5.73 Å². The molecular weight excluding hydrogens is 228 g/mol. The first-order valence-electron chi connectivity index (χ1n) is 5.07. The van der Waals surface area contributed by atoms with E-state index in [1.165, 1.54) is 4.90 Å². The van der Waals surface area contributed by atoms with Crippen molar-refractivity contribution in [3.63, 3.8) is 0 Å². The summed E-state index contributed by atoms with van der Waals surface area (Å²) < 4.78 is 22.6. The molecule has 0 radical (unpaired) electrons. The maximum absolute atomic E-state index is 11.7. The number of terminal acetylenes is 1. The predicted molar refractivity (Wildman–Crippen MR) is 61.3 cm³/mol. The largest absolute Gasteiger partial charge is 0.326 e. The van der Waals surface area contributed by atoms with Gasteiger partial charge in [-0.05, 0) is 13.3 Å². The van der Waals surface area contributed by atoms with Crippen LogP contribution in [-0.2, 0) is 14.6 Å². The quantitative estimate of drug-likeness (QED) is 0.645. The Hall–Kier alpha value is -1.06. The van der Waals surface area contributed by atoms with Gasteiger partial charge < -0.3 is 10.6 Å².